The number of thiophene rings is 1. The van der Waals surface area contributed by atoms with Crippen LogP contribution in [0.25, 0.3) is 32.2 Å². The zero-order valence-electron chi connectivity index (χ0n) is 18.0. The first kappa shape index (κ1) is 20.1. The van der Waals surface area contributed by atoms with Crippen molar-refractivity contribution in [3.05, 3.63) is 58.0 Å². The average Bonchev–Trinajstić information content (AvgIpc) is 3.16. The van der Waals surface area contributed by atoms with Crippen molar-refractivity contribution in [1.29, 1.82) is 0 Å². The number of fused-ring (bicyclic) bond motifs is 3. The van der Waals surface area contributed by atoms with Gasteiger partial charge in [-0.3, -0.25) is 0 Å². The predicted molar refractivity (Wildman–Crippen MR) is 124 cm³/mol. The summed E-state index contributed by atoms with van der Waals surface area (Å²) in [5.41, 5.74) is 7.96. The van der Waals surface area contributed by atoms with E-state index in [0.717, 1.165) is 6.54 Å². The Hall–Kier alpha value is -2.14. The lowest BCUT2D eigenvalue weighted by Crippen LogP contribution is -2.09. The van der Waals surface area contributed by atoms with E-state index in [1.807, 2.05) is 11.3 Å². The van der Waals surface area contributed by atoms with Gasteiger partial charge in [0.2, 0.25) is 0 Å². The van der Waals surface area contributed by atoms with Crippen LogP contribution in [0.1, 0.15) is 21.6 Å². The van der Waals surface area contributed by atoms with E-state index >= 15 is 0 Å². The number of rotatable bonds is 7. The lowest BCUT2D eigenvalue weighted by atomic mass is 10.0. The molecule has 0 radical (unpaired) electrons. The highest BCUT2D eigenvalue weighted by Crippen LogP contribution is 2.39. The fraction of sp³-hybridized carbons (Fsp3) is 0.360. The summed E-state index contributed by atoms with van der Waals surface area (Å²) in [6, 6.07) is 13.7. The highest BCUT2D eigenvalue weighted by atomic mass is 32.1. The topological polar surface area (TPSA) is 23.4 Å². The average molecular weight is 408 g/mol. The molecule has 2 aromatic heterocycles. The van der Waals surface area contributed by atoms with Gasteiger partial charge in [-0.15, -0.1) is 11.3 Å². The maximum absolute atomic E-state index is 5.75. The van der Waals surface area contributed by atoms with Gasteiger partial charge in [0, 0.05) is 45.2 Å². The van der Waals surface area contributed by atoms with Crippen molar-refractivity contribution in [2.75, 3.05) is 26.9 Å². The minimum absolute atomic E-state index is 0.632. The van der Waals surface area contributed by atoms with Crippen LogP contribution in [0.15, 0.2) is 36.4 Å². The minimum atomic E-state index is 0.632. The molecular formula is C25H29NO2S. The Bertz CT molecular complexity index is 1170. The number of hydrogen-bond donors (Lipinski definition) is 0. The molecule has 4 rings (SSSR count). The number of aromatic nitrogens is 1. The van der Waals surface area contributed by atoms with E-state index < -0.39 is 0 Å². The Kier molecular flexibility index (Phi) is 5.77. The Morgan fingerprint density at radius 3 is 2.24 bits per heavy atom. The summed E-state index contributed by atoms with van der Waals surface area (Å²) in [5, 5.41) is 2.64. The number of hydrogen-bond acceptors (Lipinski definition) is 3. The molecular weight excluding hydrogens is 378 g/mol. The lowest BCUT2D eigenvalue weighted by molar-refractivity contribution is 0.0673. The summed E-state index contributed by atoms with van der Waals surface area (Å²) in [5.74, 6) is 0. The molecule has 4 aromatic rings. The van der Waals surface area contributed by atoms with Crippen LogP contribution in [-0.2, 0) is 16.0 Å². The highest BCUT2D eigenvalue weighted by molar-refractivity contribution is 7.15. The lowest BCUT2D eigenvalue weighted by Gasteiger charge is -2.09. The second-order valence-corrected chi connectivity index (χ2v) is 8.97. The first-order valence-electron chi connectivity index (χ1n) is 10.2. The Morgan fingerprint density at radius 2 is 1.55 bits per heavy atom. The minimum Gasteiger partial charge on any atom is -0.382 e. The van der Waals surface area contributed by atoms with Crippen LogP contribution >= 0.6 is 11.3 Å². The Morgan fingerprint density at radius 1 is 0.828 bits per heavy atom. The first-order chi connectivity index (χ1) is 14.0. The maximum Gasteiger partial charge on any atom is 0.0701 e. The summed E-state index contributed by atoms with van der Waals surface area (Å²) in [6.45, 7) is 11.6. The van der Waals surface area contributed by atoms with E-state index in [4.69, 9.17) is 9.47 Å². The van der Waals surface area contributed by atoms with Gasteiger partial charge in [-0.25, -0.2) is 0 Å². The largest absolute Gasteiger partial charge is 0.382 e. The van der Waals surface area contributed by atoms with Gasteiger partial charge in [0.1, 0.15) is 0 Å². The molecule has 0 bridgehead atoms. The van der Waals surface area contributed by atoms with Crippen LogP contribution in [-0.4, -0.2) is 31.5 Å². The van der Waals surface area contributed by atoms with E-state index in [1.54, 1.807) is 7.11 Å². The van der Waals surface area contributed by atoms with Crippen molar-refractivity contribution < 1.29 is 9.47 Å². The van der Waals surface area contributed by atoms with Gasteiger partial charge >= 0.3 is 0 Å². The molecule has 0 unspecified atom stereocenters. The molecule has 3 nitrogen and oxygen atoms in total. The number of nitrogens with zero attached hydrogens (tertiary/aromatic N) is 1. The molecule has 152 valence electrons. The SMILES string of the molecule is COCCOCCn1c2ccc(C)cc2c2cc(-c3sc(C)c(C)c3C)ccc21. The van der Waals surface area contributed by atoms with Crippen molar-refractivity contribution in [3.63, 3.8) is 0 Å². The van der Waals surface area contributed by atoms with Crippen molar-refractivity contribution >= 4 is 33.1 Å². The third-order valence-electron chi connectivity index (χ3n) is 5.86. The summed E-state index contributed by atoms with van der Waals surface area (Å²) < 4.78 is 13.2. The molecule has 29 heavy (non-hydrogen) atoms. The molecule has 4 heteroatoms. The van der Waals surface area contributed by atoms with E-state index in [-0.39, 0.29) is 0 Å². The molecule has 0 amide bonds. The van der Waals surface area contributed by atoms with Crippen LogP contribution in [0, 0.1) is 27.7 Å². The fourth-order valence-corrected chi connectivity index (χ4v) is 5.18. The third kappa shape index (κ3) is 3.73. The molecule has 0 N–H and O–H groups in total. The monoisotopic (exact) mass is 407 g/mol. The van der Waals surface area contributed by atoms with Crippen LogP contribution in [0.4, 0.5) is 0 Å². The highest BCUT2D eigenvalue weighted by Gasteiger charge is 2.15. The van der Waals surface area contributed by atoms with E-state index in [1.165, 1.54) is 53.8 Å². The van der Waals surface area contributed by atoms with Crippen LogP contribution in [0.2, 0.25) is 0 Å². The molecule has 0 atom stereocenters. The number of methoxy groups -OCH3 is 1. The third-order valence-corrected chi connectivity index (χ3v) is 7.22. The summed E-state index contributed by atoms with van der Waals surface area (Å²) in [7, 11) is 1.70. The Balaban J connectivity index is 1.80. The van der Waals surface area contributed by atoms with Gasteiger partial charge in [-0.05, 0) is 68.7 Å². The van der Waals surface area contributed by atoms with Crippen molar-refractivity contribution in [2.24, 2.45) is 0 Å². The molecule has 2 aromatic carbocycles. The number of aryl methyl sites for hydroxylation is 2. The summed E-state index contributed by atoms with van der Waals surface area (Å²) in [4.78, 5) is 2.79. The molecule has 0 aliphatic heterocycles. The molecule has 0 saturated heterocycles. The molecule has 0 saturated carbocycles. The zero-order valence-corrected chi connectivity index (χ0v) is 18.8. The van der Waals surface area contributed by atoms with Gasteiger partial charge in [-0.2, -0.15) is 0 Å². The molecule has 2 heterocycles. The van der Waals surface area contributed by atoms with E-state index in [9.17, 15) is 0 Å². The van der Waals surface area contributed by atoms with Gasteiger partial charge in [-0.1, -0.05) is 17.7 Å². The van der Waals surface area contributed by atoms with Crippen molar-refractivity contribution in [3.8, 4) is 10.4 Å². The van der Waals surface area contributed by atoms with Crippen LogP contribution in [0.3, 0.4) is 0 Å². The fourth-order valence-electron chi connectivity index (χ4n) is 4.02. The molecule has 0 aliphatic carbocycles. The second-order valence-electron chi connectivity index (χ2n) is 7.75. The smallest absolute Gasteiger partial charge is 0.0701 e. The summed E-state index contributed by atoms with van der Waals surface area (Å²) in [6.07, 6.45) is 0. The van der Waals surface area contributed by atoms with Crippen molar-refractivity contribution in [2.45, 2.75) is 34.2 Å². The standard InChI is InChI=1S/C25H29NO2S/c1-16-6-8-23-21(14-16)22-15-20(25-18(3)17(2)19(4)29-25)7-9-24(22)26(23)10-11-28-13-12-27-5/h6-9,14-15H,10-13H2,1-5H3. The van der Waals surface area contributed by atoms with E-state index in [2.05, 4.69) is 68.7 Å². The van der Waals surface area contributed by atoms with Gasteiger partial charge in [0.15, 0.2) is 0 Å². The quantitative estimate of drug-likeness (QED) is 0.330. The first-order valence-corrected chi connectivity index (χ1v) is 11.0. The van der Waals surface area contributed by atoms with Crippen molar-refractivity contribution in [1.82, 2.24) is 4.57 Å². The van der Waals surface area contributed by atoms with Crippen LogP contribution in [0.5, 0.6) is 0 Å². The maximum atomic E-state index is 5.75. The molecule has 0 spiro atoms. The van der Waals surface area contributed by atoms with Crippen LogP contribution < -0.4 is 0 Å². The second kappa shape index (κ2) is 8.31. The molecule has 0 fully saturated rings. The van der Waals surface area contributed by atoms with Gasteiger partial charge in [0.05, 0.1) is 19.8 Å². The zero-order chi connectivity index (χ0) is 20.5. The Labute approximate surface area is 176 Å². The predicted octanol–water partition coefficient (Wildman–Crippen LogP) is 6.42. The van der Waals surface area contributed by atoms with Gasteiger partial charge < -0.3 is 14.0 Å². The number of ether oxygens (including phenoxy) is 2. The number of benzene rings is 2. The summed E-state index contributed by atoms with van der Waals surface area (Å²) >= 11 is 1.90. The normalized spacial score (nSPS) is 11.8. The molecule has 0 aliphatic rings. The van der Waals surface area contributed by atoms with E-state index in [0.29, 0.717) is 19.8 Å². The van der Waals surface area contributed by atoms with Gasteiger partial charge in [0.25, 0.3) is 0 Å².